The van der Waals surface area contributed by atoms with Crippen molar-refractivity contribution in [2.24, 2.45) is 0 Å². The summed E-state index contributed by atoms with van der Waals surface area (Å²) >= 11 is 13.7. The van der Waals surface area contributed by atoms with Gasteiger partial charge in [0.15, 0.2) is 0 Å². The average molecular weight is 439 g/mol. The van der Waals surface area contributed by atoms with Gasteiger partial charge in [-0.2, -0.15) is 11.8 Å². The van der Waals surface area contributed by atoms with Crippen LogP contribution in [0.2, 0.25) is 10.0 Å². The zero-order chi connectivity index (χ0) is 19.8. The van der Waals surface area contributed by atoms with E-state index in [1.54, 1.807) is 11.8 Å². The van der Waals surface area contributed by atoms with E-state index in [4.69, 9.17) is 27.9 Å². The minimum absolute atomic E-state index is 0.0287. The number of nitrogens with zero attached hydrogens (tertiary/aromatic N) is 1. The van der Waals surface area contributed by atoms with Gasteiger partial charge in [0.05, 0.1) is 23.3 Å². The average Bonchev–Trinajstić information content (AvgIpc) is 2.71. The SMILES string of the molecule is O=C(NCCSCc1ccc(Cl)c(Cl)c1)c1cccc(CN2CCOCC2)c1. The van der Waals surface area contributed by atoms with Crippen molar-refractivity contribution in [2.75, 3.05) is 38.6 Å². The van der Waals surface area contributed by atoms with E-state index in [2.05, 4.69) is 16.3 Å². The van der Waals surface area contributed by atoms with Gasteiger partial charge in [0.1, 0.15) is 0 Å². The molecule has 1 saturated heterocycles. The molecule has 1 aliphatic rings. The first-order valence-electron chi connectivity index (χ1n) is 9.31. The van der Waals surface area contributed by atoms with Crippen LogP contribution in [0.5, 0.6) is 0 Å². The zero-order valence-corrected chi connectivity index (χ0v) is 18.0. The second kappa shape index (κ2) is 11.1. The summed E-state index contributed by atoms with van der Waals surface area (Å²) in [6.45, 7) is 4.90. The predicted octanol–water partition coefficient (Wildman–Crippen LogP) is 4.49. The van der Waals surface area contributed by atoms with Crippen molar-refractivity contribution in [3.05, 3.63) is 69.2 Å². The highest BCUT2D eigenvalue weighted by Crippen LogP contribution is 2.24. The molecule has 4 nitrogen and oxygen atoms in total. The van der Waals surface area contributed by atoms with Crippen molar-refractivity contribution in [1.29, 1.82) is 0 Å². The van der Waals surface area contributed by atoms with Crippen molar-refractivity contribution < 1.29 is 9.53 Å². The molecule has 0 saturated carbocycles. The van der Waals surface area contributed by atoms with Gasteiger partial charge < -0.3 is 10.1 Å². The molecule has 1 fully saturated rings. The molecule has 2 aromatic carbocycles. The monoisotopic (exact) mass is 438 g/mol. The third kappa shape index (κ3) is 6.68. The molecule has 0 unspecified atom stereocenters. The van der Waals surface area contributed by atoms with Crippen LogP contribution in [0.4, 0.5) is 0 Å². The Kier molecular flexibility index (Phi) is 8.49. The number of carbonyl (C=O) groups is 1. The molecule has 3 rings (SSSR count). The summed E-state index contributed by atoms with van der Waals surface area (Å²) in [6.07, 6.45) is 0. The molecule has 1 aliphatic heterocycles. The van der Waals surface area contributed by atoms with Gasteiger partial charge in [0.2, 0.25) is 0 Å². The van der Waals surface area contributed by atoms with Crippen LogP contribution in [0.1, 0.15) is 21.5 Å². The largest absolute Gasteiger partial charge is 0.379 e. The third-order valence-corrected chi connectivity index (χ3v) is 6.25. The van der Waals surface area contributed by atoms with Gasteiger partial charge in [-0.05, 0) is 35.4 Å². The van der Waals surface area contributed by atoms with E-state index < -0.39 is 0 Å². The van der Waals surface area contributed by atoms with Gasteiger partial charge >= 0.3 is 0 Å². The fraction of sp³-hybridized carbons (Fsp3) is 0.381. The van der Waals surface area contributed by atoms with Crippen LogP contribution in [0.3, 0.4) is 0 Å². The van der Waals surface area contributed by atoms with Crippen molar-refractivity contribution in [3.8, 4) is 0 Å². The summed E-state index contributed by atoms with van der Waals surface area (Å²) in [4.78, 5) is 14.8. The molecular weight excluding hydrogens is 415 g/mol. The maximum Gasteiger partial charge on any atom is 0.251 e. The van der Waals surface area contributed by atoms with Gasteiger partial charge in [-0.15, -0.1) is 0 Å². The number of rotatable bonds is 8. The number of thioether (sulfide) groups is 1. The minimum Gasteiger partial charge on any atom is -0.379 e. The van der Waals surface area contributed by atoms with Crippen molar-refractivity contribution >= 4 is 40.9 Å². The fourth-order valence-electron chi connectivity index (χ4n) is 2.99. The lowest BCUT2D eigenvalue weighted by Gasteiger charge is -2.26. The van der Waals surface area contributed by atoms with Crippen LogP contribution >= 0.6 is 35.0 Å². The molecule has 1 amide bonds. The molecule has 7 heteroatoms. The fourth-order valence-corrected chi connectivity index (χ4v) is 4.11. The van der Waals surface area contributed by atoms with E-state index >= 15 is 0 Å². The third-order valence-electron chi connectivity index (χ3n) is 4.48. The molecule has 1 heterocycles. The molecule has 0 radical (unpaired) electrons. The summed E-state index contributed by atoms with van der Waals surface area (Å²) in [7, 11) is 0. The van der Waals surface area contributed by atoms with Gasteiger partial charge in [0.25, 0.3) is 5.91 Å². The summed E-state index contributed by atoms with van der Waals surface area (Å²) in [5.74, 6) is 1.64. The van der Waals surface area contributed by atoms with E-state index in [1.165, 1.54) is 0 Å². The van der Waals surface area contributed by atoms with Crippen LogP contribution in [0.15, 0.2) is 42.5 Å². The molecule has 1 N–H and O–H groups in total. The molecular formula is C21H24Cl2N2O2S. The van der Waals surface area contributed by atoms with Crippen molar-refractivity contribution in [2.45, 2.75) is 12.3 Å². The predicted molar refractivity (Wildman–Crippen MR) is 117 cm³/mol. The summed E-state index contributed by atoms with van der Waals surface area (Å²) in [6, 6.07) is 13.5. The Morgan fingerprint density at radius 3 is 2.68 bits per heavy atom. The number of hydrogen-bond donors (Lipinski definition) is 1. The highest BCUT2D eigenvalue weighted by Gasteiger charge is 2.12. The van der Waals surface area contributed by atoms with Crippen LogP contribution in [-0.2, 0) is 17.0 Å². The Bertz CT molecular complexity index is 798. The highest BCUT2D eigenvalue weighted by atomic mass is 35.5. The standard InChI is InChI=1S/C21H24Cl2N2O2S/c22-19-5-4-17(13-20(19)23)15-28-11-6-24-21(26)18-3-1-2-16(12-18)14-25-7-9-27-10-8-25/h1-5,12-13H,6-11,14-15H2,(H,24,26). The van der Waals surface area contributed by atoms with Crippen molar-refractivity contribution in [3.63, 3.8) is 0 Å². The number of amides is 1. The molecule has 2 aromatic rings. The number of morpholine rings is 1. The molecule has 150 valence electrons. The van der Waals surface area contributed by atoms with Crippen LogP contribution in [0, 0.1) is 0 Å². The second-order valence-corrected chi connectivity index (χ2v) is 8.57. The Morgan fingerprint density at radius 1 is 1.07 bits per heavy atom. The Labute approximate surface area is 180 Å². The molecule has 0 atom stereocenters. The smallest absolute Gasteiger partial charge is 0.251 e. The first-order valence-corrected chi connectivity index (χ1v) is 11.2. The van der Waals surface area contributed by atoms with Crippen LogP contribution in [0.25, 0.3) is 0 Å². The molecule has 0 aliphatic carbocycles. The summed E-state index contributed by atoms with van der Waals surface area (Å²) in [5, 5.41) is 4.14. The highest BCUT2D eigenvalue weighted by molar-refractivity contribution is 7.98. The van der Waals surface area contributed by atoms with Crippen LogP contribution in [-0.4, -0.2) is 49.4 Å². The maximum atomic E-state index is 12.4. The quantitative estimate of drug-likeness (QED) is 0.616. The Hall–Kier alpha value is -1.24. The summed E-state index contributed by atoms with van der Waals surface area (Å²) < 4.78 is 5.38. The van der Waals surface area contributed by atoms with Crippen LogP contribution < -0.4 is 5.32 Å². The minimum atomic E-state index is -0.0287. The van der Waals surface area contributed by atoms with Gasteiger partial charge in [-0.3, -0.25) is 9.69 Å². The van der Waals surface area contributed by atoms with Crippen molar-refractivity contribution in [1.82, 2.24) is 10.2 Å². The number of hydrogen-bond acceptors (Lipinski definition) is 4. The number of ether oxygens (including phenoxy) is 1. The van der Waals surface area contributed by atoms with E-state index in [1.807, 2.05) is 36.4 Å². The molecule has 0 bridgehead atoms. The van der Waals surface area contributed by atoms with Gasteiger partial charge in [0, 0.05) is 43.2 Å². The molecule has 0 spiro atoms. The zero-order valence-electron chi connectivity index (χ0n) is 15.6. The lowest BCUT2D eigenvalue weighted by atomic mass is 10.1. The lowest BCUT2D eigenvalue weighted by Crippen LogP contribution is -2.35. The second-order valence-electron chi connectivity index (χ2n) is 6.65. The summed E-state index contributed by atoms with van der Waals surface area (Å²) in [5.41, 5.74) is 2.99. The lowest BCUT2D eigenvalue weighted by molar-refractivity contribution is 0.0342. The van der Waals surface area contributed by atoms with E-state index in [0.29, 0.717) is 22.2 Å². The first-order chi connectivity index (χ1) is 13.6. The van der Waals surface area contributed by atoms with Gasteiger partial charge in [-0.25, -0.2) is 0 Å². The number of carbonyl (C=O) groups excluding carboxylic acids is 1. The van der Waals surface area contributed by atoms with E-state index in [9.17, 15) is 4.79 Å². The Morgan fingerprint density at radius 2 is 1.89 bits per heavy atom. The van der Waals surface area contributed by atoms with E-state index in [-0.39, 0.29) is 5.91 Å². The number of benzene rings is 2. The topological polar surface area (TPSA) is 41.6 Å². The van der Waals surface area contributed by atoms with E-state index in [0.717, 1.165) is 55.5 Å². The number of nitrogens with one attached hydrogen (secondary N) is 1. The normalized spacial score (nSPS) is 14.8. The first kappa shape index (κ1) is 21.5. The van der Waals surface area contributed by atoms with Gasteiger partial charge in [-0.1, -0.05) is 41.4 Å². The molecule has 0 aromatic heterocycles. The molecule has 28 heavy (non-hydrogen) atoms. The number of halogens is 2. The maximum absolute atomic E-state index is 12.4. The Balaban J connectivity index is 1.40.